The highest BCUT2D eigenvalue weighted by Gasteiger charge is 2.10. The van der Waals surface area contributed by atoms with Crippen LogP contribution in [0.1, 0.15) is 18.1 Å². The zero-order chi connectivity index (χ0) is 11.3. The fraction of sp³-hybridized carbons (Fsp3) is 0.417. The SMILES string of the molecule is COC(C)C(=O)NCc1cccc(C)c1. The summed E-state index contributed by atoms with van der Waals surface area (Å²) in [6.45, 7) is 4.31. The average Bonchev–Trinajstić information content (AvgIpc) is 2.25. The first-order chi connectivity index (χ1) is 7.13. The van der Waals surface area contributed by atoms with Crippen LogP contribution in [-0.4, -0.2) is 19.1 Å². The molecule has 1 amide bonds. The number of ether oxygens (including phenoxy) is 1. The lowest BCUT2D eigenvalue weighted by Gasteiger charge is -2.10. The van der Waals surface area contributed by atoms with Crippen molar-refractivity contribution in [1.82, 2.24) is 5.32 Å². The summed E-state index contributed by atoms with van der Waals surface area (Å²) in [5, 5.41) is 2.81. The van der Waals surface area contributed by atoms with Crippen LogP contribution >= 0.6 is 0 Å². The summed E-state index contributed by atoms with van der Waals surface area (Å²) in [5.41, 5.74) is 2.30. The zero-order valence-corrected chi connectivity index (χ0v) is 9.41. The van der Waals surface area contributed by atoms with Crippen LogP contribution in [0.2, 0.25) is 0 Å². The minimum Gasteiger partial charge on any atom is -0.372 e. The number of carbonyl (C=O) groups excluding carboxylic acids is 1. The second-order valence-electron chi connectivity index (χ2n) is 3.58. The van der Waals surface area contributed by atoms with Gasteiger partial charge in [0.1, 0.15) is 6.10 Å². The lowest BCUT2D eigenvalue weighted by atomic mass is 10.1. The van der Waals surface area contributed by atoms with Crippen molar-refractivity contribution in [2.45, 2.75) is 26.5 Å². The van der Waals surface area contributed by atoms with Crippen molar-refractivity contribution in [2.24, 2.45) is 0 Å². The maximum atomic E-state index is 11.4. The lowest BCUT2D eigenvalue weighted by molar-refractivity contribution is -0.130. The molecule has 0 aliphatic heterocycles. The summed E-state index contributed by atoms with van der Waals surface area (Å²) in [4.78, 5) is 11.4. The number of hydrogen-bond donors (Lipinski definition) is 1. The van der Waals surface area contributed by atoms with Crippen molar-refractivity contribution >= 4 is 5.91 Å². The summed E-state index contributed by atoms with van der Waals surface area (Å²) in [6.07, 6.45) is -0.394. The first-order valence-corrected chi connectivity index (χ1v) is 4.99. The lowest BCUT2D eigenvalue weighted by Crippen LogP contribution is -2.33. The Kier molecular flexibility index (Phi) is 4.31. The van der Waals surface area contributed by atoms with Gasteiger partial charge in [0.05, 0.1) is 0 Å². The summed E-state index contributed by atoms with van der Waals surface area (Å²) >= 11 is 0. The van der Waals surface area contributed by atoms with E-state index < -0.39 is 6.10 Å². The Morgan fingerprint density at radius 3 is 2.87 bits per heavy atom. The minimum absolute atomic E-state index is 0.0843. The van der Waals surface area contributed by atoms with Gasteiger partial charge >= 0.3 is 0 Å². The van der Waals surface area contributed by atoms with Crippen molar-refractivity contribution < 1.29 is 9.53 Å². The molecule has 0 bridgehead atoms. The second kappa shape index (κ2) is 5.51. The smallest absolute Gasteiger partial charge is 0.249 e. The fourth-order valence-electron chi connectivity index (χ4n) is 1.26. The van der Waals surface area contributed by atoms with Gasteiger partial charge in [0.15, 0.2) is 0 Å². The molecule has 0 aliphatic carbocycles. The van der Waals surface area contributed by atoms with E-state index in [0.717, 1.165) is 5.56 Å². The van der Waals surface area contributed by atoms with Crippen LogP contribution in [0.15, 0.2) is 24.3 Å². The highest BCUT2D eigenvalue weighted by atomic mass is 16.5. The van der Waals surface area contributed by atoms with E-state index >= 15 is 0 Å². The largest absolute Gasteiger partial charge is 0.372 e. The molecule has 15 heavy (non-hydrogen) atoms. The van der Waals surface area contributed by atoms with Gasteiger partial charge in [0.25, 0.3) is 0 Å². The van der Waals surface area contributed by atoms with Gasteiger partial charge in [-0.2, -0.15) is 0 Å². The standard InChI is InChI=1S/C12H17NO2/c1-9-5-4-6-11(7-9)8-13-12(14)10(2)15-3/h4-7,10H,8H2,1-3H3,(H,13,14). The van der Waals surface area contributed by atoms with Gasteiger partial charge in [-0.15, -0.1) is 0 Å². The molecule has 0 aliphatic rings. The van der Waals surface area contributed by atoms with E-state index in [-0.39, 0.29) is 5.91 Å². The van der Waals surface area contributed by atoms with Gasteiger partial charge in [-0.25, -0.2) is 0 Å². The molecule has 0 fully saturated rings. The zero-order valence-electron chi connectivity index (χ0n) is 9.41. The Labute approximate surface area is 90.4 Å². The van der Waals surface area contributed by atoms with Crippen LogP contribution in [0.4, 0.5) is 0 Å². The third kappa shape index (κ3) is 3.72. The van der Waals surface area contributed by atoms with Crippen molar-refractivity contribution in [3.05, 3.63) is 35.4 Å². The first kappa shape index (κ1) is 11.7. The number of methoxy groups -OCH3 is 1. The summed E-state index contributed by atoms with van der Waals surface area (Å²) in [6, 6.07) is 8.06. The molecule has 0 saturated carbocycles. The molecule has 0 radical (unpaired) electrons. The maximum absolute atomic E-state index is 11.4. The van der Waals surface area contributed by atoms with E-state index in [1.807, 2.05) is 25.1 Å². The molecule has 1 aromatic carbocycles. The molecule has 1 atom stereocenters. The van der Waals surface area contributed by atoms with Crippen LogP contribution in [0.3, 0.4) is 0 Å². The van der Waals surface area contributed by atoms with Crippen LogP contribution in [0.25, 0.3) is 0 Å². The normalized spacial score (nSPS) is 12.2. The van der Waals surface area contributed by atoms with Crippen LogP contribution in [0.5, 0.6) is 0 Å². The molecule has 0 aromatic heterocycles. The Balaban J connectivity index is 2.47. The van der Waals surface area contributed by atoms with Gasteiger partial charge in [0, 0.05) is 13.7 Å². The second-order valence-corrected chi connectivity index (χ2v) is 3.58. The first-order valence-electron chi connectivity index (χ1n) is 4.99. The molecular formula is C12H17NO2. The van der Waals surface area contributed by atoms with Crippen molar-refractivity contribution in [2.75, 3.05) is 7.11 Å². The third-order valence-corrected chi connectivity index (χ3v) is 2.27. The molecule has 0 heterocycles. The number of benzene rings is 1. The Bertz CT molecular complexity index is 336. The van der Waals surface area contributed by atoms with Crippen molar-refractivity contribution in [3.63, 3.8) is 0 Å². The van der Waals surface area contributed by atoms with Gasteiger partial charge in [-0.05, 0) is 19.4 Å². The Hall–Kier alpha value is -1.35. The predicted octanol–water partition coefficient (Wildman–Crippen LogP) is 1.65. The molecule has 82 valence electrons. The van der Waals surface area contributed by atoms with Crippen LogP contribution < -0.4 is 5.32 Å². The molecule has 0 spiro atoms. The van der Waals surface area contributed by atoms with Gasteiger partial charge in [-0.3, -0.25) is 4.79 Å². The topological polar surface area (TPSA) is 38.3 Å². The molecule has 3 nitrogen and oxygen atoms in total. The minimum atomic E-state index is -0.394. The average molecular weight is 207 g/mol. The molecule has 1 unspecified atom stereocenters. The number of rotatable bonds is 4. The van der Waals surface area contributed by atoms with Gasteiger partial charge in [0.2, 0.25) is 5.91 Å². The van der Waals surface area contributed by atoms with E-state index in [1.54, 1.807) is 6.92 Å². The Morgan fingerprint density at radius 1 is 1.53 bits per heavy atom. The summed E-state index contributed by atoms with van der Waals surface area (Å²) < 4.78 is 4.91. The molecule has 3 heteroatoms. The maximum Gasteiger partial charge on any atom is 0.249 e. The quantitative estimate of drug-likeness (QED) is 0.815. The monoisotopic (exact) mass is 207 g/mol. The van der Waals surface area contributed by atoms with Gasteiger partial charge < -0.3 is 10.1 Å². The van der Waals surface area contributed by atoms with E-state index in [9.17, 15) is 4.79 Å². The van der Waals surface area contributed by atoms with E-state index in [4.69, 9.17) is 4.74 Å². The number of hydrogen-bond acceptors (Lipinski definition) is 2. The van der Waals surface area contributed by atoms with Crippen LogP contribution in [0, 0.1) is 6.92 Å². The number of aryl methyl sites for hydroxylation is 1. The van der Waals surface area contributed by atoms with Crippen molar-refractivity contribution in [3.8, 4) is 0 Å². The number of nitrogens with one attached hydrogen (secondary N) is 1. The molecule has 0 saturated heterocycles. The van der Waals surface area contributed by atoms with E-state index in [1.165, 1.54) is 12.7 Å². The van der Waals surface area contributed by atoms with Crippen molar-refractivity contribution in [1.29, 1.82) is 0 Å². The number of carbonyl (C=O) groups is 1. The van der Waals surface area contributed by atoms with Gasteiger partial charge in [-0.1, -0.05) is 29.8 Å². The third-order valence-electron chi connectivity index (χ3n) is 2.27. The number of amides is 1. The molecule has 1 aromatic rings. The summed E-state index contributed by atoms with van der Waals surface area (Å²) in [5.74, 6) is -0.0843. The van der Waals surface area contributed by atoms with E-state index in [0.29, 0.717) is 6.54 Å². The highest BCUT2D eigenvalue weighted by Crippen LogP contribution is 2.03. The highest BCUT2D eigenvalue weighted by molar-refractivity contribution is 5.80. The molecular weight excluding hydrogens is 190 g/mol. The Morgan fingerprint density at radius 2 is 2.27 bits per heavy atom. The molecule has 1 N–H and O–H groups in total. The van der Waals surface area contributed by atoms with E-state index in [2.05, 4.69) is 11.4 Å². The fourth-order valence-corrected chi connectivity index (χ4v) is 1.26. The molecule has 1 rings (SSSR count). The van der Waals surface area contributed by atoms with Crippen LogP contribution in [-0.2, 0) is 16.1 Å². The summed E-state index contributed by atoms with van der Waals surface area (Å²) in [7, 11) is 1.52. The predicted molar refractivity (Wildman–Crippen MR) is 59.5 cm³/mol.